The van der Waals surface area contributed by atoms with Crippen LogP contribution in [0.3, 0.4) is 0 Å². The van der Waals surface area contributed by atoms with Crippen LogP contribution in [0.4, 0.5) is 5.69 Å². The number of carbonyl (C=O) groups excluding carboxylic acids is 1. The van der Waals surface area contributed by atoms with Gasteiger partial charge < -0.3 is 14.8 Å². The minimum atomic E-state index is -3.41. The van der Waals surface area contributed by atoms with Crippen LogP contribution in [0.2, 0.25) is 0 Å². The molecular formula is C20H22N2O5S. The molecule has 1 atom stereocenters. The molecule has 0 spiro atoms. The maximum atomic E-state index is 12.8. The summed E-state index contributed by atoms with van der Waals surface area (Å²) < 4.78 is 36.5. The number of ether oxygens (including phenoxy) is 2. The summed E-state index contributed by atoms with van der Waals surface area (Å²) in [5, 5.41) is 3.10. The molecule has 1 unspecified atom stereocenters. The van der Waals surface area contributed by atoms with E-state index in [1.807, 2.05) is 18.2 Å². The molecule has 0 radical (unpaired) electrons. The largest absolute Gasteiger partial charge is 0.486 e. The van der Waals surface area contributed by atoms with Gasteiger partial charge in [0.15, 0.2) is 11.5 Å². The second-order valence-electron chi connectivity index (χ2n) is 7.15. The number of nitrogens with one attached hydrogen (secondary N) is 2. The van der Waals surface area contributed by atoms with E-state index in [-0.39, 0.29) is 11.9 Å². The third-order valence-corrected chi connectivity index (χ3v) is 5.34. The highest BCUT2D eigenvalue weighted by molar-refractivity contribution is 7.92. The summed E-state index contributed by atoms with van der Waals surface area (Å²) in [6.07, 6.45) is 3.18. The van der Waals surface area contributed by atoms with Crippen molar-refractivity contribution in [3.8, 4) is 11.5 Å². The van der Waals surface area contributed by atoms with Crippen LogP contribution in [-0.4, -0.2) is 33.8 Å². The molecule has 1 amide bonds. The molecular weight excluding hydrogens is 380 g/mol. The summed E-state index contributed by atoms with van der Waals surface area (Å²) in [6.45, 7) is 1.05. The quantitative estimate of drug-likeness (QED) is 0.775. The minimum Gasteiger partial charge on any atom is -0.486 e. The lowest BCUT2D eigenvalue weighted by Gasteiger charge is -2.23. The predicted octanol–water partition coefficient (Wildman–Crippen LogP) is 2.71. The van der Waals surface area contributed by atoms with Crippen molar-refractivity contribution in [1.82, 2.24) is 5.32 Å². The van der Waals surface area contributed by atoms with Gasteiger partial charge in [-0.05, 0) is 54.7 Å². The number of hydrogen-bond acceptors (Lipinski definition) is 5. The first-order chi connectivity index (χ1) is 13.4. The molecule has 0 saturated heterocycles. The Balaban J connectivity index is 1.54. The van der Waals surface area contributed by atoms with Crippen LogP contribution >= 0.6 is 0 Å². The molecule has 2 aromatic rings. The molecule has 2 aromatic carbocycles. The van der Waals surface area contributed by atoms with Gasteiger partial charge in [-0.15, -0.1) is 0 Å². The monoisotopic (exact) mass is 402 g/mol. The molecule has 1 heterocycles. The zero-order chi connectivity index (χ0) is 19.7. The van der Waals surface area contributed by atoms with Crippen molar-refractivity contribution < 1.29 is 22.7 Å². The van der Waals surface area contributed by atoms with Gasteiger partial charge in [0.2, 0.25) is 10.0 Å². The summed E-state index contributed by atoms with van der Waals surface area (Å²) in [4.78, 5) is 12.8. The Kier molecular flexibility index (Phi) is 4.89. The van der Waals surface area contributed by atoms with Gasteiger partial charge in [-0.25, -0.2) is 8.42 Å². The van der Waals surface area contributed by atoms with Crippen molar-refractivity contribution in [1.29, 1.82) is 0 Å². The number of sulfonamides is 1. The van der Waals surface area contributed by atoms with E-state index in [0.717, 1.165) is 30.4 Å². The van der Waals surface area contributed by atoms with Crippen molar-refractivity contribution >= 4 is 21.6 Å². The van der Waals surface area contributed by atoms with Gasteiger partial charge in [0.25, 0.3) is 5.91 Å². The highest BCUT2D eigenvalue weighted by atomic mass is 32.2. The summed E-state index contributed by atoms with van der Waals surface area (Å²) in [5.41, 5.74) is 1.74. The lowest BCUT2D eigenvalue weighted by atomic mass is 10.0. The summed E-state index contributed by atoms with van der Waals surface area (Å²) >= 11 is 0. The molecule has 2 aliphatic rings. The van der Waals surface area contributed by atoms with Crippen LogP contribution in [0, 0.1) is 5.92 Å². The number of anilines is 1. The Labute approximate surface area is 164 Å². The van der Waals surface area contributed by atoms with Crippen molar-refractivity contribution in [2.24, 2.45) is 5.92 Å². The average molecular weight is 402 g/mol. The van der Waals surface area contributed by atoms with E-state index in [1.54, 1.807) is 18.2 Å². The van der Waals surface area contributed by atoms with E-state index >= 15 is 0 Å². The zero-order valence-corrected chi connectivity index (χ0v) is 16.3. The van der Waals surface area contributed by atoms with Crippen molar-refractivity contribution in [2.45, 2.75) is 18.9 Å². The Hall–Kier alpha value is -2.74. The summed E-state index contributed by atoms with van der Waals surface area (Å²) in [6, 6.07) is 12.1. The van der Waals surface area contributed by atoms with E-state index in [9.17, 15) is 13.2 Å². The first kappa shape index (κ1) is 18.6. The molecule has 1 aliphatic heterocycles. The second-order valence-corrected chi connectivity index (χ2v) is 8.90. The van der Waals surface area contributed by atoms with Gasteiger partial charge in [0.05, 0.1) is 12.3 Å². The van der Waals surface area contributed by atoms with Crippen LogP contribution < -0.4 is 19.5 Å². The lowest BCUT2D eigenvalue weighted by Crippen LogP contribution is -2.30. The van der Waals surface area contributed by atoms with Gasteiger partial charge in [-0.2, -0.15) is 0 Å². The number of amides is 1. The molecule has 0 aromatic heterocycles. The van der Waals surface area contributed by atoms with Crippen LogP contribution in [0.5, 0.6) is 11.5 Å². The molecule has 0 bridgehead atoms. The molecule has 8 heteroatoms. The van der Waals surface area contributed by atoms with Gasteiger partial charge >= 0.3 is 0 Å². The zero-order valence-electron chi connectivity index (χ0n) is 15.5. The second kappa shape index (κ2) is 7.35. The van der Waals surface area contributed by atoms with Gasteiger partial charge in [-0.3, -0.25) is 9.52 Å². The first-order valence-corrected chi connectivity index (χ1v) is 11.1. The van der Waals surface area contributed by atoms with Gasteiger partial charge in [0, 0.05) is 11.3 Å². The van der Waals surface area contributed by atoms with Crippen LogP contribution in [0.15, 0.2) is 42.5 Å². The lowest BCUT2D eigenvalue weighted by molar-refractivity contribution is 0.0931. The van der Waals surface area contributed by atoms with E-state index in [0.29, 0.717) is 36.1 Å². The minimum absolute atomic E-state index is 0.130. The maximum absolute atomic E-state index is 12.8. The first-order valence-electron chi connectivity index (χ1n) is 9.17. The average Bonchev–Trinajstić information content (AvgIpc) is 3.49. The fourth-order valence-corrected chi connectivity index (χ4v) is 3.87. The topological polar surface area (TPSA) is 93.7 Å². The Morgan fingerprint density at radius 2 is 1.82 bits per heavy atom. The molecule has 1 saturated carbocycles. The molecule has 7 nitrogen and oxygen atoms in total. The van der Waals surface area contributed by atoms with Crippen molar-refractivity contribution in [3.63, 3.8) is 0 Å². The third kappa shape index (κ3) is 4.39. The molecule has 1 fully saturated rings. The maximum Gasteiger partial charge on any atom is 0.251 e. The molecule has 1 aliphatic carbocycles. The van der Waals surface area contributed by atoms with Crippen molar-refractivity contribution in [3.05, 3.63) is 53.6 Å². The highest BCUT2D eigenvalue weighted by Gasteiger charge is 2.34. The Bertz CT molecular complexity index is 1000. The van der Waals surface area contributed by atoms with E-state index < -0.39 is 10.0 Å². The normalized spacial score (nSPS) is 16.9. The van der Waals surface area contributed by atoms with E-state index in [4.69, 9.17) is 9.47 Å². The van der Waals surface area contributed by atoms with Crippen LogP contribution in [-0.2, 0) is 10.0 Å². The number of benzene rings is 2. The highest BCUT2D eigenvalue weighted by Crippen LogP contribution is 2.43. The van der Waals surface area contributed by atoms with Crippen molar-refractivity contribution in [2.75, 3.05) is 24.2 Å². The summed E-state index contributed by atoms with van der Waals surface area (Å²) in [5.74, 6) is 1.55. The van der Waals surface area contributed by atoms with E-state index in [2.05, 4.69) is 10.0 Å². The molecule has 148 valence electrons. The molecule has 28 heavy (non-hydrogen) atoms. The molecule has 4 rings (SSSR count). The SMILES string of the molecule is CS(=O)(=O)Nc1cccc(C(=O)NC(c2ccc3c(c2)OCCO3)C2CC2)c1. The van der Waals surface area contributed by atoms with E-state index in [1.165, 1.54) is 6.07 Å². The predicted molar refractivity (Wildman–Crippen MR) is 105 cm³/mol. The fourth-order valence-electron chi connectivity index (χ4n) is 3.32. The summed E-state index contributed by atoms with van der Waals surface area (Å²) in [7, 11) is -3.41. The van der Waals surface area contributed by atoms with Gasteiger partial charge in [0.1, 0.15) is 13.2 Å². The third-order valence-electron chi connectivity index (χ3n) is 4.73. The Morgan fingerprint density at radius 1 is 1.07 bits per heavy atom. The van der Waals surface area contributed by atoms with Crippen LogP contribution in [0.1, 0.15) is 34.8 Å². The fraction of sp³-hybridized carbons (Fsp3) is 0.350. The van der Waals surface area contributed by atoms with Crippen LogP contribution in [0.25, 0.3) is 0 Å². The standard InChI is InChI=1S/C20H22N2O5S/c1-28(24,25)22-16-4-2-3-15(11-16)20(23)21-19(13-5-6-13)14-7-8-17-18(12-14)27-10-9-26-17/h2-4,7-8,11-13,19,22H,5-6,9-10H2,1H3,(H,21,23). The number of hydrogen-bond donors (Lipinski definition) is 2. The smallest absolute Gasteiger partial charge is 0.251 e. The van der Waals surface area contributed by atoms with Gasteiger partial charge in [-0.1, -0.05) is 12.1 Å². The number of carbonyl (C=O) groups is 1. The molecule has 2 N–H and O–H groups in total. The number of rotatable bonds is 6. The number of fused-ring (bicyclic) bond motifs is 1. The Morgan fingerprint density at radius 3 is 2.54 bits per heavy atom.